The zero-order valence-electron chi connectivity index (χ0n) is 12.8. The Morgan fingerprint density at radius 1 is 1.40 bits per heavy atom. The maximum absolute atomic E-state index is 6.25. The molecule has 4 heteroatoms. The van der Waals surface area contributed by atoms with Gasteiger partial charge in [0.1, 0.15) is 5.82 Å². The molecule has 0 radical (unpaired) electrons. The summed E-state index contributed by atoms with van der Waals surface area (Å²) in [5, 5.41) is 4.14. The molecular weight excluding hydrogens is 270 g/mol. The molecule has 0 aromatic carbocycles. The SMILES string of the molecule is CCN(CC1CCC1)c1ccc(Cl)c(CNC(C)C)n1. The molecule has 1 saturated carbocycles. The normalized spacial score (nSPS) is 15.4. The number of anilines is 1. The highest BCUT2D eigenvalue weighted by atomic mass is 35.5. The van der Waals surface area contributed by atoms with Crippen LogP contribution in [0, 0.1) is 5.92 Å². The Morgan fingerprint density at radius 3 is 2.70 bits per heavy atom. The van der Waals surface area contributed by atoms with Gasteiger partial charge in [0.2, 0.25) is 0 Å². The summed E-state index contributed by atoms with van der Waals surface area (Å²) in [4.78, 5) is 7.13. The quantitative estimate of drug-likeness (QED) is 0.828. The molecule has 1 aromatic rings. The molecular formula is C16H26ClN3. The first-order valence-corrected chi connectivity index (χ1v) is 8.11. The van der Waals surface area contributed by atoms with Crippen LogP contribution in [0.15, 0.2) is 12.1 Å². The Morgan fingerprint density at radius 2 is 2.15 bits per heavy atom. The van der Waals surface area contributed by atoms with Gasteiger partial charge in [-0.3, -0.25) is 0 Å². The van der Waals surface area contributed by atoms with Crippen LogP contribution in [0.2, 0.25) is 5.02 Å². The number of nitrogens with zero attached hydrogens (tertiary/aromatic N) is 2. The van der Waals surface area contributed by atoms with Crippen molar-refractivity contribution in [2.24, 2.45) is 5.92 Å². The lowest BCUT2D eigenvalue weighted by atomic mass is 9.85. The van der Waals surface area contributed by atoms with Crippen LogP contribution in [-0.2, 0) is 6.54 Å². The molecule has 1 fully saturated rings. The van der Waals surface area contributed by atoms with Crippen LogP contribution >= 0.6 is 11.6 Å². The van der Waals surface area contributed by atoms with E-state index in [1.165, 1.54) is 19.3 Å². The van der Waals surface area contributed by atoms with E-state index in [0.29, 0.717) is 6.04 Å². The van der Waals surface area contributed by atoms with E-state index in [0.717, 1.165) is 42.1 Å². The van der Waals surface area contributed by atoms with Gasteiger partial charge in [-0.15, -0.1) is 0 Å². The smallest absolute Gasteiger partial charge is 0.128 e. The zero-order chi connectivity index (χ0) is 14.5. The van der Waals surface area contributed by atoms with Gasteiger partial charge in [0.15, 0.2) is 0 Å². The van der Waals surface area contributed by atoms with Crippen LogP contribution in [0.25, 0.3) is 0 Å². The lowest BCUT2D eigenvalue weighted by Gasteiger charge is -2.32. The van der Waals surface area contributed by atoms with Crippen LogP contribution in [0.5, 0.6) is 0 Å². The van der Waals surface area contributed by atoms with Crippen molar-refractivity contribution >= 4 is 17.4 Å². The second-order valence-electron chi connectivity index (χ2n) is 5.97. The summed E-state index contributed by atoms with van der Waals surface area (Å²) >= 11 is 6.25. The molecule has 1 heterocycles. The number of pyridine rings is 1. The summed E-state index contributed by atoms with van der Waals surface area (Å²) in [7, 11) is 0. The predicted octanol–water partition coefficient (Wildman–Crippen LogP) is 3.86. The number of rotatable bonds is 7. The van der Waals surface area contributed by atoms with Crippen LogP contribution in [0.3, 0.4) is 0 Å². The van der Waals surface area contributed by atoms with E-state index < -0.39 is 0 Å². The summed E-state index contributed by atoms with van der Waals surface area (Å²) in [5.74, 6) is 1.91. The Labute approximate surface area is 127 Å². The molecule has 3 nitrogen and oxygen atoms in total. The molecule has 1 aliphatic carbocycles. The number of hydrogen-bond donors (Lipinski definition) is 1. The lowest BCUT2D eigenvalue weighted by molar-refractivity contribution is 0.318. The van der Waals surface area contributed by atoms with Crippen LogP contribution in [-0.4, -0.2) is 24.1 Å². The van der Waals surface area contributed by atoms with Crippen molar-refractivity contribution in [1.82, 2.24) is 10.3 Å². The molecule has 0 amide bonds. The van der Waals surface area contributed by atoms with Crippen molar-refractivity contribution in [1.29, 1.82) is 0 Å². The van der Waals surface area contributed by atoms with Crippen LogP contribution in [0.4, 0.5) is 5.82 Å². The molecule has 0 aliphatic heterocycles. The maximum atomic E-state index is 6.25. The Hall–Kier alpha value is -0.800. The minimum absolute atomic E-state index is 0.439. The molecule has 0 unspecified atom stereocenters. The maximum Gasteiger partial charge on any atom is 0.128 e. The standard InChI is InChI=1S/C16H26ClN3/c1-4-20(11-13-6-5-7-13)16-9-8-14(17)15(19-16)10-18-12(2)3/h8-9,12-13,18H,4-7,10-11H2,1-3H3. The lowest BCUT2D eigenvalue weighted by Crippen LogP contribution is -2.33. The van der Waals surface area contributed by atoms with E-state index in [1.807, 2.05) is 12.1 Å². The van der Waals surface area contributed by atoms with Crippen LogP contribution < -0.4 is 10.2 Å². The van der Waals surface area contributed by atoms with Gasteiger partial charge in [-0.1, -0.05) is 31.9 Å². The van der Waals surface area contributed by atoms with Gasteiger partial charge >= 0.3 is 0 Å². The number of aromatic nitrogens is 1. The van der Waals surface area contributed by atoms with Crippen molar-refractivity contribution in [3.05, 3.63) is 22.8 Å². The molecule has 2 rings (SSSR count). The van der Waals surface area contributed by atoms with Crippen molar-refractivity contribution < 1.29 is 0 Å². The topological polar surface area (TPSA) is 28.2 Å². The van der Waals surface area contributed by atoms with E-state index in [2.05, 4.69) is 31.0 Å². The Bertz CT molecular complexity index is 430. The highest BCUT2D eigenvalue weighted by Gasteiger charge is 2.21. The third kappa shape index (κ3) is 4.10. The van der Waals surface area contributed by atoms with Gasteiger partial charge in [0.25, 0.3) is 0 Å². The number of halogens is 1. The molecule has 0 bridgehead atoms. The van der Waals surface area contributed by atoms with Gasteiger partial charge in [-0.25, -0.2) is 4.98 Å². The van der Waals surface area contributed by atoms with Crippen LogP contribution in [0.1, 0.15) is 45.7 Å². The average Bonchev–Trinajstić information content (AvgIpc) is 2.37. The number of hydrogen-bond acceptors (Lipinski definition) is 3. The Balaban J connectivity index is 2.07. The minimum atomic E-state index is 0.439. The second-order valence-corrected chi connectivity index (χ2v) is 6.38. The first-order valence-electron chi connectivity index (χ1n) is 7.74. The summed E-state index contributed by atoms with van der Waals surface area (Å²) < 4.78 is 0. The Kier molecular flexibility index (Phi) is 5.67. The fourth-order valence-corrected chi connectivity index (χ4v) is 2.62. The summed E-state index contributed by atoms with van der Waals surface area (Å²) in [6.07, 6.45) is 4.12. The highest BCUT2D eigenvalue weighted by molar-refractivity contribution is 6.31. The second kappa shape index (κ2) is 7.28. The third-order valence-electron chi connectivity index (χ3n) is 3.99. The summed E-state index contributed by atoms with van der Waals surface area (Å²) in [6.45, 7) is 9.32. The fourth-order valence-electron chi connectivity index (χ4n) is 2.45. The van der Waals surface area contributed by atoms with E-state index in [9.17, 15) is 0 Å². The largest absolute Gasteiger partial charge is 0.357 e. The molecule has 112 valence electrons. The first kappa shape index (κ1) is 15.6. The van der Waals surface area contributed by atoms with Gasteiger partial charge in [0, 0.05) is 25.7 Å². The molecule has 1 aliphatic rings. The monoisotopic (exact) mass is 295 g/mol. The zero-order valence-corrected chi connectivity index (χ0v) is 13.6. The van der Waals surface area contributed by atoms with Crippen molar-refractivity contribution in [2.75, 3.05) is 18.0 Å². The van der Waals surface area contributed by atoms with E-state index >= 15 is 0 Å². The summed E-state index contributed by atoms with van der Waals surface area (Å²) in [6, 6.07) is 4.46. The van der Waals surface area contributed by atoms with E-state index in [4.69, 9.17) is 16.6 Å². The first-order chi connectivity index (χ1) is 9.60. The van der Waals surface area contributed by atoms with E-state index in [1.54, 1.807) is 0 Å². The molecule has 0 atom stereocenters. The average molecular weight is 296 g/mol. The molecule has 0 spiro atoms. The van der Waals surface area contributed by atoms with Gasteiger partial charge in [0.05, 0.1) is 10.7 Å². The molecule has 1 N–H and O–H groups in total. The number of nitrogens with one attached hydrogen (secondary N) is 1. The highest BCUT2D eigenvalue weighted by Crippen LogP contribution is 2.29. The van der Waals surface area contributed by atoms with Crippen molar-refractivity contribution in [3.63, 3.8) is 0 Å². The predicted molar refractivity (Wildman–Crippen MR) is 86.5 cm³/mol. The van der Waals surface area contributed by atoms with E-state index in [-0.39, 0.29) is 0 Å². The fraction of sp³-hybridized carbons (Fsp3) is 0.688. The van der Waals surface area contributed by atoms with Gasteiger partial charge < -0.3 is 10.2 Å². The summed E-state index contributed by atoms with van der Waals surface area (Å²) in [5.41, 5.74) is 0.949. The molecule has 20 heavy (non-hydrogen) atoms. The minimum Gasteiger partial charge on any atom is -0.357 e. The molecule has 1 aromatic heterocycles. The van der Waals surface area contributed by atoms with Crippen molar-refractivity contribution in [3.8, 4) is 0 Å². The molecule has 0 saturated heterocycles. The van der Waals surface area contributed by atoms with Gasteiger partial charge in [-0.05, 0) is 37.8 Å². The van der Waals surface area contributed by atoms with Gasteiger partial charge in [-0.2, -0.15) is 0 Å². The van der Waals surface area contributed by atoms with Crippen molar-refractivity contribution in [2.45, 2.75) is 52.6 Å². The third-order valence-corrected chi connectivity index (χ3v) is 4.33.